The third kappa shape index (κ3) is 2.66. The molecule has 1 aromatic rings. The normalized spacial score (nSPS) is 19.9. The van der Waals surface area contributed by atoms with Gasteiger partial charge in [-0.15, -0.1) is 0 Å². The molecule has 1 N–H and O–H groups in total. The number of halogens is 1. The van der Waals surface area contributed by atoms with E-state index in [-0.39, 0.29) is 18.4 Å². The number of hydrogen-bond acceptors (Lipinski definition) is 4. The zero-order valence-corrected chi connectivity index (χ0v) is 11.0. The van der Waals surface area contributed by atoms with Crippen LogP contribution in [0.5, 0.6) is 0 Å². The third-order valence-electron chi connectivity index (χ3n) is 3.10. The molecule has 1 saturated heterocycles. The van der Waals surface area contributed by atoms with E-state index in [1.807, 2.05) is 11.0 Å². The van der Waals surface area contributed by atoms with Crippen molar-refractivity contribution in [1.82, 2.24) is 0 Å². The predicted octanol–water partition coefficient (Wildman–Crippen LogP) is 1.74. The Bertz CT molecular complexity index is 450. The van der Waals surface area contributed by atoms with E-state index in [1.165, 1.54) is 6.92 Å². The van der Waals surface area contributed by atoms with E-state index in [9.17, 15) is 9.90 Å². The first-order chi connectivity index (χ1) is 8.63. The predicted molar refractivity (Wildman–Crippen MR) is 70.5 cm³/mol. The molecule has 1 aliphatic rings. The average Bonchev–Trinajstić information content (AvgIpc) is 2.38. The number of benzene rings is 1. The standard InChI is InChI=1S/C13H16ClNO3/c1-9(17)10-2-3-13(12(14)6-10)15-4-5-18-8-11(15)7-16/h2-3,6,11,16H,4-5,7-8H2,1H3. The molecule has 1 unspecified atom stereocenters. The second-order valence-corrected chi connectivity index (χ2v) is 4.73. The summed E-state index contributed by atoms with van der Waals surface area (Å²) in [7, 11) is 0. The van der Waals surface area contributed by atoms with Crippen LogP contribution in [-0.2, 0) is 4.74 Å². The van der Waals surface area contributed by atoms with Gasteiger partial charge in [0.25, 0.3) is 0 Å². The van der Waals surface area contributed by atoms with Crippen molar-refractivity contribution < 1.29 is 14.6 Å². The van der Waals surface area contributed by atoms with Gasteiger partial charge in [-0.25, -0.2) is 0 Å². The molecule has 4 nitrogen and oxygen atoms in total. The van der Waals surface area contributed by atoms with E-state index >= 15 is 0 Å². The van der Waals surface area contributed by atoms with Crippen LogP contribution in [0.1, 0.15) is 17.3 Å². The highest BCUT2D eigenvalue weighted by molar-refractivity contribution is 6.33. The first kappa shape index (κ1) is 13.3. The lowest BCUT2D eigenvalue weighted by molar-refractivity contribution is 0.0727. The molecule has 0 amide bonds. The zero-order valence-electron chi connectivity index (χ0n) is 10.2. The molecule has 0 bridgehead atoms. The monoisotopic (exact) mass is 269 g/mol. The summed E-state index contributed by atoms with van der Waals surface area (Å²) in [5.41, 5.74) is 1.43. The number of carbonyl (C=O) groups is 1. The summed E-state index contributed by atoms with van der Waals surface area (Å²) in [6.07, 6.45) is 0. The first-order valence-corrected chi connectivity index (χ1v) is 6.27. The summed E-state index contributed by atoms with van der Waals surface area (Å²) in [6.45, 7) is 3.31. The Balaban J connectivity index is 2.29. The lowest BCUT2D eigenvalue weighted by Crippen LogP contribution is -2.47. The summed E-state index contributed by atoms with van der Waals surface area (Å²) in [5.74, 6) is -0.0101. The maximum atomic E-state index is 11.3. The van der Waals surface area contributed by atoms with Crippen molar-refractivity contribution in [3.8, 4) is 0 Å². The Kier molecular flexibility index (Phi) is 4.22. The van der Waals surface area contributed by atoms with Gasteiger partial charge in [-0.3, -0.25) is 4.79 Å². The molecule has 1 aliphatic heterocycles. The molecule has 0 spiro atoms. The van der Waals surface area contributed by atoms with Gasteiger partial charge in [-0.05, 0) is 25.1 Å². The summed E-state index contributed by atoms with van der Waals surface area (Å²) >= 11 is 6.21. The van der Waals surface area contributed by atoms with Gasteiger partial charge in [-0.1, -0.05) is 11.6 Å². The number of anilines is 1. The van der Waals surface area contributed by atoms with Crippen molar-refractivity contribution in [2.45, 2.75) is 13.0 Å². The van der Waals surface area contributed by atoms with Gasteiger partial charge in [0.2, 0.25) is 0 Å². The van der Waals surface area contributed by atoms with Gasteiger partial charge in [0, 0.05) is 12.1 Å². The number of ether oxygens (including phenoxy) is 1. The lowest BCUT2D eigenvalue weighted by atomic mass is 10.1. The van der Waals surface area contributed by atoms with Crippen LogP contribution in [0, 0.1) is 0 Å². The van der Waals surface area contributed by atoms with Crippen LogP contribution in [0.15, 0.2) is 18.2 Å². The highest BCUT2D eigenvalue weighted by Gasteiger charge is 2.24. The number of hydrogen-bond donors (Lipinski definition) is 1. The molecule has 1 atom stereocenters. The van der Waals surface area contributed by atoms with E-state index in [0.29, 0.717) is 30.3 Å². The average molecular weight is 270 g/mol. The first-order valence-electron chi connectivity index (χ1n) is 5.89. The largest absolute Gasteiger partial charge is 0.394 e. The van der Waals surface area contributed by atoms with Crippen molar-refractivity contribution in [2.24, 2.45) is 0 Å². The van der Waals surface area contributed by atoms with E-state index in [1.54, 1.807) is 12.1 Å². The van der Waals surface area contributed by atoms with Gasteiger partial charge in [0.15, 0.2) is 5.78 Å². The van der Waals surface area contributed by atoms with E-state index in [0.717, 1.165) is 5.69 Å². The highest BCUT2D eigenvalue weighted by Crippen LogP contribution is 2.29. The van der Waals surface area contributed by atoms with Crippen molar-refractivity contribution in [2.75, 3.05) is 31.3 Å². The van der Waals surface area contributed by atoms with Gasteiger partial charge in [0.05, 0.1) is 36.6 Å². The Morgan fingerprint density at radius 1 is 1.61 bits per heavy atom. The van der Waals surface area contributed by atoms with Crippen molar-refractivity contribution in [3.05, 3.63) is 28.8 Å². The summed E-state index contributed by atoms with van der Waals surface area (Å²) in [4.78, 5) is 13.3. The molecule has 1 fully saturated rings. The molecular formula is C13H16ClNO3. The van der Waals surface area contributed by atoms with E-state index in [2.05, 4.69) is 0 Å². The third-order valence-corrected chi connectivity index (χ3v) is 3.40. The molecule has 1 heterocycles. The van der Waals surface area contributed by atoms with Crippen molar-refractivity contribution in [3.63, 3.8) is 0 Å². The quantitative estimate of drug-likeness (QED) is 0.850. The molecule has 0 aliphatic carbocycles. The van der Waals surface area contributed by atoms with Crippen LogP contribution < -0.4 is 4.90 Å². The Morgan fingerprint density at radius 2 is 2.39 bits per heavy atom. The maximum Gasteiger partial charge on any atom is 0.159 e. The van der Waals surface area contributed by atoms with Crippen LogP contribution in [-0.4, -0.2) is 43.3 Å². The summed E-state index contributed by atoms with van der Waals surface area (Å²) in [5, 5.41) is 9.87. The molecule has 0 aromatic heterocycles. The number of morpholine rings is 1. The number of rotatable bonds is 3. The number of carbonyl (C=O) groups excluding carboxylic acids is 1. The summed E-state index contributed by atoms with van der Waals surface area (Å²) in [6, 6.07) is 5.17. The Labute approximate surface area is 111 Å². The van der Waals surface area contributed by atoms with Crippen molar-refractivity contribution >= 4 is 23.1 Å². The minimum Gasteiger partial charge on any atom is -0.394 e. The molecule has 5 heteroatoms. The fraction of sp³-hybridized carbons (Fsp3) is 0.462. The Hall–Kier alpha value is -1.10. The minimum atomic E-state index is -0.0839. The Morgan fingerprint density at radius 3 is 3.00 bits per heavy atom. The second-order valence-electron chi connectivity index (χ2n) is 4.33. The molecule has 1 aromatic carbocycles. The van der Waals surface area contributed by atoms with Gasteiger partial charge in [-0.2, -0.15) is 0 Å². The highest BCUT2D eigenvalue weighted by atomic mass is 35.5. The van der Waals surface area contributed by atoms with Crippen LogP contribution in [0.3, 0.4) is 0 Å². The van der Waals surface area contributed by atoms with Gasteiger partial charge >= 0.3 is 0 Å². The lowest BCUT2D eigenvalue weighted by Gasteiger charge is -2.36. The van der Waals surface area contributed by atoms with Gasteiger partial charge < -0.3 is 14.7 Å². The molecule has 18 heavy (non-hydrogen) atoms. The molecule has 0 radical (unpaired) electrons. The number of Topliss-reactive ketones (excluding diaryl/α,β-unsaturated/α-hetero) is 1. The van der Waals surface area contributed by atoms with Gasteiger partial charge in [0.1, 0.15) is 0 Å². The molecular weight excluding hydrogens is 254 g/mol. The molecule has 0 saturated carbocycles. The van der Waals surface area contributed by atoms with Crippen molar-refractivity contribution in [1.29, 1.82) is 0 Å². The number of ketones is 1. The number of aliphatic hydroxyl groups is 1. The number of nitrogens with zero attached hydrogens (tertiary/aromatic N) is 1. The van der Waals surface area contributed by atoms with Crippen LogP contribution >= 0.6 is 11.6 Å². The smallest absolute Gasteiger partial charge is 0.159 e. The molecule has 2 rings (SSSR count). The van der Waals surface area contributed by atoms with Crippen LogP contribution in [0.25, 0.3) is 0 Å². The minimum absolute atomic E-state index is 0.0101. The maximum absolute atomic E-state index is 11.3. The van der Waals surface area contributed by atoms with Crippen LogP contribution in [0.2, 0.25) is 5.02 Å². The van der Waals surface area contributed by atoms with E-state index < -0.39 is 0 Å². The zero-order chi connectivity index (χ0) is 13.1. The fourth-order valence-corrected chi connectivity index (χ4v) is 2.37. The van der Waals surface area contributed by atoms with E-state index in [4.69, 9.17) is 16.3 Å². The van der Waals surface area contributed by atoms with Crippen LogP contribution in [0.4, 0.5) is 5.69 Å². The second kappa shape index (κ2) is 5.69. The fourth-order valence-electron chi connectivity index (χ4n) is 2.08. The molecule has 98 valence electrons. The topological polar surface area (TPSA) is 49.8 Å². The summed E-state index contributed by atoms with van der Waals surface area (Å²) < 4.78 is 5.33. The SMILES string of the molecule is CC(=O)c1ccc(N2CCOCC2CO)c(Cl)c1. The number of aliphatic hydroxyl groups excluding tert-OH is 1.